The summed E-state index contributed by atoms with van der Waals surface area (Å²) in [5.74, 6) is 1.25. The van der Waals surface area contributed by atoms with E-state index in [2.05, 4.69) is 15.8 Å². The van der Waals surface area contributed by atoms with Crippen LogP contribution in [0.15, 0.2) is 34.9 Å². The summed E-state index contributed by atoms with van der Waals surface area (Å²) in [7, 11) is 0. The van der Waals surface area contributed by atoms with Gasteiger partial charge in [0.15, 0.2) is 16.7 Å². The fourth-order valence-electron chi connectivity index (χ4n) is 1.52. The number of nitrogens with zero attached hydrogens (tertiary/aromatic N) is 1. The van der Waals surface area contributed by atoms with Crippen molar-refractivity contribution < 1.29 is 9.32 Å². The molecule has 0 aliphatic heterocycles. The Kier molecular flexibility index (Phi) is 3.91. The number of rotatable bonds is 3. The number of carbonyl (C=O) groups excluding carboxylic acids is 1. The molecule has 0 radical (unpaired) electrons. The smallest absolute Gasteiger partial charge is 0.176 e. The SMILES string of the molecule is CC(=O)c1cccc(NC(=S)Nc2cc(C)on2)c1. The number of hydrogen-bond acceptors (Lipinski definition) is 4. The van der Waals surface area contributed by atoms with Gasteiger partial charge < -0.3 is 15.2 Å². The van der Waals surface area contributed by atoms with Gasteiger partial charge in [-0.1, -0.05) is 17.3 Å². The first-order valence-corrected chi connectivity index (χ1v) is 6.08. The Balaban J connectivity index is 2.02. The topological polar surface area (TPSA) is 67.2 Å². The molecule has 5 nitrogen and oxygen atoms in total. The molecule has 0 fully saturated rings. The molecule has 6 heteroatoms. The highest BCUT2D eigenvalue weighted by molar-refractivity contribution is 7.80. The Hall–Kier alpha value is -2.21. The fraction of sp³-hybridized carbons (Fsp3) is 0.154. The Bertz CT molecular complexity index is 622. The fourth-order valence-corrected chi connectivity index (χ4v) is 1.74. The van der Waals surface area contributed by atoms with Crippen molar-refractivity contribution in [1.29, 1.82) is 0 Å². The lowest BCUT2D eigenvalue weighted by Crippen LogP contribution is -2.19. The van der Waals surface area contributed by atoms with Crippen molar-refractivity contribution >= 4 is 34.6 Å². The molecule has 0 spiro atoms. The predicted molar refractivity (Wildman–Crippen MR) is 77.5 cm³/mol. The van der Waals surface area contributed by atoms with Gasteiger partial charge >= 0.3 is 0 Å². The molecule has 98 valence electrons. The van der Waals surface area contributed by atoms with Crippen LogP contribution >= 0.6 is 12.2 Å². The van der Waals surface area contributed by atoms with Gasteiger partial charge in [-0.2, -0.15) is 0 Å². The van der Waals surface area contributed by atoms with Gasteiger partial charge in [-0.3, -0.25) is 4.79 Å². The van der Waals surface area contributed by atoms with Gasteiger partial charge in [0.25, 0.3) is 0 Å². The molecular formula is C13H13N3O2S. The molecule has 0 saturated carbocycles. The largest absolute Gasteiger partial charge is 0.360 e. The zero-order chi connectivity index (χ0) is 13.8. The van der Waals surface area contributed by atoms with Gasteiger partial charge in [-0.05, 0) is 38.2 Å². The maximum absolute atomic E-state index is 11.3. The van der Waals surface area contributed by atoms with Gasteiger partial charge in [-0.25, -0.2) is 0 Å². The number of benzene rings is 1. The molecule has 0 amide bonds. The lowest BCUT2D eigenvalue weighted by Gasteiger charge is -2.08. The van der Waals surface area contributed by atoms with Gasteiger partial charge in [0, 0.05) is 17.3 Å². The normalized spacial score (nSPS) is 10.0. The van der Waals surface area contributed by atoms with Gasteiger partial charge in [0.05, 0.1) is 0 Å². The molecule has 1 aromatic carbocycles. The van der Waals surface area contributed by atoms with E-state index in [1.54, 1.807) is 31.2 Å². The summed E-state index contributed by atoms with van der Waals surface area (Å²) < 4.78 is 4.92. The lowest BCUT2D eigenvalue weighted by atomic mass is 10.1. The van der Waals surface area contributed by atoms with Crippen LogP contribution in [0.4, 0.5) is 11.5 Å². The first kappa shape index (κ1) is 13.2. The molecule has 2 rings (SSSR count). The van der Waals surface area contributed by atoms with Crippen molar-refractivity contribution in [2.45, 2.75) is 13.8 Å². The summed E-state index contributed by atoms with van der Waals surface area (Å²) in [6.45, 7) is 3.32. The lowest BCUT2D eigenvalue weighted by molar-refractivity contribution is 0.101. The van der Waals surface area contributed by atoms with Crippen LogP contribution in [0.3, 0.4) is 0 Å². The monoisotopic (exact) mass is 275 g/mol. The molecule has 0 atom stereocenters. The van der Waals surface area contributed by atoms with Crippen molar-refractivity contribution in [3.05, 3.63) is 41.7 Å². The molecule has 1 heterocycles. The summed E-state index contributed by atoms with van der Waals surface area (Å²) in [5, 5.41) is 10.0. The number of aromatic nitrogens is 1. The number of anilines is 2. The first-order valence-electron chi connectivity index (χ1n) is 5.67. The van der Waals surface area contributed by atoms with Crippen molar-refractivity contribution in [1.82, 2.24) is 5.16 Å². The van der Waals surface area contributed by atoms with Crippen LogP contribution in [0, 0.1) is 6.92 Å². The van der Waals surface area contributed by atoms with E-state index in [1.165, 1.54) is 6.92 Å². The van der Waals surface area contributed by atoms with Crippen LogP contribution in [-0.4, -0.2) is 16.1 Å². The number of aryl methyl sites for hydroxylation is 1. The Morgan fingerprint density at radius 2 is 2.11 bits per heavy atom. The molecule has 19 heavy (non-hydrogen) atoms. The third kappa shape index (κ3) is 3.62. The van der Waals surface area contributed by atoms with Crippen LogP contribution in [0.1, 0.15) is 23.0 Å². The average molecular weight is 275 g/mol. The average Bonchev–Trinajstić information content (AvgIpc) is 2.74. The summed E-state index contributed by atoms with van der Waals surface area (Å²) in [4.78, 5) is 11.3. The minimum absolute atomic E-state index is 0.00894. The predicted octanol–water partition coefficient (Wildman–Crippen LogP) is 2.99. The summed E-state index contributed by atoms with van der Waals surface area (Å²) >= 11 is 5.15. The number of Topliss-reactive ketones (excluding diaryl/α,β-unsaturated/α-hetero) is 1. The van der Waals surface area contributed by atoms with E-state index < -0.39 is 0 Å². The highest BCUT2D eigenvalue weighted by Crippen LogP contribution is 2.12. The maximum atomic E-state index is 11.3. The van der Waals surface area contributed by atoms with Crippen molar-refractivity contribution in [2.24, 2.45) is 0 Å². The second kappa shape index (κ2) is 5.62. The van der Waals surface area contributed by atoms with Gasteiger partial charge in [0.1, 0.15) is 5.76 Å². The van der Waals surface area contributed by atoms with Crippen molar-refractivity contribution in [3.63, 3.8) is 0 Å². The van der Waals surface area contributed by atoms with Crippen LogP contribution in [0.2, 0.25) is 0 Å². The highest BCUT2D eigenvalue weighted by Gasteiger charge is 2.04. The highest BCUT2D eigenvalue weighted by atomic mass is 32.1. The number of nitrogens with one attached hydrogen (secondary N) is 2. The van der Waals surface area contributed by atoms with E-state index in [9.17, 15) is 4.79 Å². The van der Waals surface area contributed by atoms with Crippen molar-refractivity contribution in [2.75, 3.05) is 10.6 Å². The first-order chi connectivity index (χ1) is 9.04. The third-order valence-corrected chi connectivity index (χ3v) is 2.60. The van der Waals surface area contributed by atoms with E-state index in [1.807, 2.05) is 6.07 Å². The second-order valence-electron chi connectivity index (χ2n) is 4.04. The molecule has 0 aliphatic carbocycles. The molecular weight excluding hydrogens is 262 g/mol. The zero-order valence-corrected chi connectivity index (χ0v) is 11.4. The molecule has 0 saturated heterocycles. The molecule has 0 aliphatic rings. The Labute approximate surface area is 116 Å². The van der Waals surface area contributed by atoms with Crippen molar-refractivity contribution in [3.8, 4) is 0 Å². The molecule has 2 aromatic rings. The van der Waals surface area contributed by atoms with Gasteiger partial charge in [-0.15, -0.1) is 0 Å². The third-order valence-electron chi connectivity index (χ3n) is 2.40. The molecule has 0 bridgehead atoms. The second-order valence-corrected chi connectivity index (χ2v) is 4.45. The van der Waals surface area contributed by atoms with E-state index in [-0.39, 0.29) is 5.78 Å². The van der Waals surface area contributed by atoms with E-state index in [0.29, 0.717) is 22.3 Å². The van der Waals surface area contributed by atoms with Crippen LogP contribution in [0.25, 0.3) is 0 Å². The van der Waals surface area contributed by atoms with Crippen LogP contribution in [-0.2, 0) is 0 Å². The van der Waals surface area contributed by atoms with Crippen LogP contribution < -0.4 is 10.6 Å². The van der Waals surface area contributed by atoms with Crippen LogP contribution in [0.5, 0.6) is 0 Å². The van der Waals surface area contributed by atoms with E-state index >= 15 is 0 Å². The molecule has 2 N–H and O–H groups in total. The number of hydrogen-bond donors (Lipinski definition) is 2. The number of ketones is 1. The van der Waals surface area contributed by atoms with Gasteiger partial charge in [0.2, 0.25) is 0 Å². The zero-order valence-electron chi connectivity index (χ0n) is 10.6. The number of thiocarbonyl (C=S) groups is 1. The molecule has 1 aromatic heterocycles. The Morgan fingerprint density at radius 1 is 1.32 bits per heavy atom. The molecule has 0 unspecified atom stereocenters. The summed E-state index contributed by atoms with van der Waals surface area (Å²) in [5.41, 5.74) is 1.37. The number of carbonyl (C=O) groups is 1. The minimum Gasteiger partial charge on any atom is -0.360 e. The standard InChI is InChI=1S/C13H13N3O2S/c1-8-6-12(16-18-8)15-13(19)14-11-5-3-4-10(7-11)9(2)17/h3-7H,1-2H3,(H2,14,15,16,19). The maximum Gasteiger partial charge on any atom is 0.176 e. The van der Waals surface area contributed by atoms with E-state index in [0.717, 1.165) is 5.69 Å². The summed E-state index contributed by atoms with van der Waals surface area (Å²) in [6.07, 6.45) is 0. The summed E-state index contributed by atoms with van der Waals surface area (Å²) in [6, 6.07) is 8.85. The minimum atomic E-state index is 0.00894. The quantitative estimate of drug-likeness (QED) is 0.663. The van der Waals surface area contributed by atoms with E-state index in [4.69, 9.17) is 16.7 Å². The Morgan fingerprint density at radius 3 is 2.74 bits per heavy atom.